The van der Waals surface area contributed by atoms with E-state index in [2.05, 4.69) is 25.7 Å². The summed E-state index contributed by atoms with van der Waals surface area (Å²) in [5.41, 5.74) is 2.60. The predicted molar refractivity (Wildman–Crippen MR) is 83.3 cm³/mol. The first-order valence-corrected chi connectivity index (χ1v) is 7.28. The van der Waals surface area contributed by atoms with Crippen LogP contribution in [0.3, 0.4) is 0 Å². The lowest BCUT2D eigenvalue weighted by Gasteiger charge is -2.03. The van der Waals surface area contributed by atoms with Gasteiger partial charge in [-0.2, -0.15) is 5.10 Å². The van der Waals surface area contributed by atoms with Gasteiger partial charge in [0.1, 0.15) is 11.6 Å². The number of aromatic nitrogens is 4. The molecule has 0 spiro atoms. The van der Waals surface area contributed by atoms with E-state index < -0.39 is 0 Å². The molecule has 0 aliphatic carbocycles. The predicted octanol–water partition coefficient (Wildman–Crippen LogP) is 1.94. The zero-order valence-electron chi connectivity index (χ0n) is 13.0. The zero-order valence-corrected chi connectivity index (χ0v) is 13.0. The Kier molecular flexibility index (Phi) is 4.18. The average molecular weight is 311 g/mol. The minimum Gasteiger partial charge on any atom is -0.361 e. The summed E-state index contributed by atoms with van der Waals surface area (Å²) in [4.78, 5) is 16.4. The van der Waals surface area contributed by atoms with Crippen molar-refractivity contribution >= 4 is 5.91 Å². The standard InChI is InChI=1S/C16H17N5O2/c1-10-13(11(2)23-21-10)9-17-15(22)8-14-18-16(20-19-14)12-6-4-3-5-7-12/h3-7H,8-9H2,1-2H3,(H,17,22)(H,18,19,20). The van der Waals surface area contributed by atoms with E-state index in [0.29, 0.717) is 24.0 Å². The molecule has 0 unspecified atom stereocenters. The summed E-state index contributed by atoms with van der Waals surface area (Å²) in [6, 6.07) is 9.61. The largest absolute Gasteiger partial charge is 0.361 e. The van der Waals surface area contributed by atoms with Crippen LogP contribution in [-0.2, 0) is 17.8 Å². The summed E-state index contributed by atoms with van der Waals surface area (Å²) in [5.74, 6) is 1.69. The molecule has 118 valence electrons. The van der Waals surface area contributed by atoms with E-state index in [1.54, 1.807) is 0 Å². The molecule has 0 fully saturated rings. The summed E-state index contributed by atoms with van der Waals surface area (Å²) in [6.07, 6.45) is 0.142. The molecule has 2 heterocycles. The van der Waals surface area contributed by atoms with Gasteiger partial charge in [0.25, 0.3) is 0 Å². The number of carbonyl (C=O) groups is 1. The Morgan fingerprint density at radius 2 is 2.04 bits per heavy atom. The molecule has 7 nitrogen and oxygen atoms in total. The summed E-state index contributed by atoms with van der Waals surface area (Å²) < 4.78 is 5.07. The van der Waals surface area contributed by atoms with Gasteiger partial charge in [-0.3, -0.25) is 9.89 Å². The number of hydrogen-bond acceptors (Lipinski definition) is 5. The molecule has 23 heavy (non-hydrogen) atoms. The third-order valence-corrected chi connectivity index (χ3v) is 3.54. The maximum absolute atomic E-state index is 12.0. The van der Waals surface area contributed by atoms with E-state index in [1.807, 2.05) is 44.2 Å². The molecule has 2 N–H and O–H groups in total. The second kappa shape index (κ2) is 6.43. The summed E-state index contributed by atoms with van der Waals surface area (Å²) >= 11 is 0. The highest BCUT2D eigenvalue weighted by atomic mass is 16.5. The Morgan fingerprint density at radius 1 is 1.26 bits per heavy atom. The fourth-order valence-corrected chi connectivity index (χ4v) is 2.25. The van der Waals surface area contributed by atoms with Crippen LogP contribution in [0.15, 0.2) is 34.9 Å². The van der Waals surface area contributed by atoms with Gasteiger partial charge in [-0.1, -0.05) is 35.5 Å². The molecule has 0 atom stereocenters. The minimum atomic E-state index is -0.138. The van der Waals surface area contributed by atoms with Crippen molar-refractivity contribution in [3.05, 3.63) is 53.2 Å². The third kappa shape index (κ3) is 3.45. The summed E-state index contributed by atoms with van der Waals surface area (Å²) in [5, 5.41) is 13.6. The van der Waals surface area contributed by atoms with Crippen LogP contribution < -0.4 is 5.32 Å². The Hall–Kier alpha value is -2.96. The molecule has 3 rings (SSSR count). The molecule has 2 aromatic heterocycles. The van der Waals surface area contributed by atoms with E-state index in [4.69, 9.17) is 4.52 Å². The molecule has 0 aliphatic heterocycles. The zero-order chi connectivity index (χ0) is 16.2. The number of rotatable bonds is 5. The van der Waals surface area contributed by atoms with Gasteiger partial charge in [0.05, 0.1) is 12.1 Å². The first kappa shape index (κ1) is 15.0. The number of hydrogen-bond donors (Lipinski definition) is 2. The molecule has 7 heteroatoms. The highest BCUT2D eigenvalue weighted by Crippen LogP contribution is 2.14. The SMILES string of the molecule is Cc1noc(C)c1CNC(=O)Cc1nc(-c2ccccc2)n[nH]1. The van der Waals surface area contributed by atoms with Crippen molar-refractivity contribution in [3.63, 3.8) is 0 Å². The highest BCUT2D eigenvalue weighted by Gasteiger charge is 2.12. The van der Waals surface area contributed by atoms with Gasteiger partial charge in [-0.25, -0.2) is 4.98 Å². The number of amides is 1. The van der Waals surface area contributed by atoms with Gasteiger partial charge >= 0.3 is 0 Å². The van der Waals surface area contributed by atoms with Crippen molar-refractivity contribution < 1.29 is 9.32 Å². The lowest BCUT2D eigenvalue weighted by atomic mass is 10.2. The van der Waals surface area contributed by atoms with Crippen molar-refractivity contribution in [2.75, 3.05) is 0 Å². The quantitative estimate of drug-likeness (QED) is 0.750. The van der Waals surface area contributed by atoms with E-state index in [-0.39, 0.29) is 12.3 Å². The molecule has 0 aliphatic rings. The Morgan fingerprint density at radius 3 is 2.74 bits per heavy atom. The van der Waals surface area contributed by atoms with Crippen LogP contribution in [0, 0.1) is 13.8 Å². The van der Waals surface area contributed by atoms with Gasteiger partial charge in [0.15, 0.2) is 5.82 Å². The van der Waals surface area contributed by atoms with Crippen LogP contribution in [-0.4, -0.2) is 26.2 Å². The van der Waals surface area contributed by atoms with Crippen LogP contribution in [0.2, 0.25) is 0 Å². The van der Waals surface area contributed by atoms with Crippen molar-refractivity contribution in [1.29, 1.82) is 0 Å². The maximum atomic E-state index is 12.0. The normalized spacial score (nSPS) is 10.7. The third-order valence-electron chi connectivity index (χ3n) is 3.54. The van der Waals surface area contributed by atoms with Gasteiger partial charge in [0, 0.05) is 17.7 Å². The van der Waals surface area contributed by atoms with Gasteiger partial charge in [-0.05, 0) is 13.8 Å². The van der Waals surface area contributed by atoms with Crippen LogP contribution in [0.1, 0.15) is 22.8 Å². The first-order valence-electron chi connectivity index (χ1n) is 7.28. The molecule has 1 amide bonds. The maximum Gasteiger partial charge on any atom is 0.227 e. The number of aryl methyl sites for hydroxylation is 2. The first-order chi connectivity index (χ1) is 11.1. The smallest absolute Gasteiger partial charge is 0.227 e. The van der Waals surface area contributed by atoms with Crippen molar-refractivity contribution in [1.82, 2.24) is 25.7 Å². The van der Waals surface area contributed by atoms with Gasteiger partial charge in [0.2, 0.25) is 5.91 Å². The molecule has 0 saturated heterocycles. The Labute approximate surface area is 133 Å². The number of H-pyrrole nitrogens is 1. The molecular weight excluding hydrogens is 294 g/mol. The Bertz CT molecular complexity index is 788. The molecule has 0 bridgehead atoms. The lowest BCUT2D eigenvalue weighted by Crippen LogP contribution is -2.25. The molecule has 3 aromatic rings. The fraction of sp³-hybridized carbons (Fsp3) is 0.250. The van der Waals surface area contributed by atoms with E-state index >= 15 is 0 Å². The second-order valence-electron chi connectivity index (χ2n) is 5.23. The molecule has 0 radical (unpaired) electrons. The number of benzene rings is 1. The second-order valence-corrected chi connectivity index (χ2v) is 5.23. The molecular formula is C16H17N5O2. The monoisotopic (exact) mass is 311 g/mol. The highest BCUT2D eigenvalue weighted by molar-refractivity contribution is 5.77. The fourth-order valence-electron chi connectivity index (χ4n) is 2.25. The van der Waals surface area contributed by atoms with Gasteiger partial charge in [-0.15, -0.1) is 0 Å². The average Bonchev–Trinajstić information content (AvgIpc) is 3.14. The van der Waals surface area contributed by atoms with Crippen molar-refractivity contribution in [2.45, 2.75) is 26.8 Å². The minimum absolute atomic E-state index is 0.138. The number of carbonyl (C=O) groups excluding carboxylic acids is 1. The summed E-state index contributed by atoms with van der Waals surface area (Å²) in [6.45, 7) is 4.06. The van der Waals surface area contributed by atoms with E-state index in [1.165, 1.54) is 0 Å². The Balaban J connectivity index is 1.59. The van der Waals surface area contributed by atoms with Crippen LogP contribution in [0.25, 0.3) is 11.4 Å². The van der Waals surface area contributed by atoms with E-state index in [0.717, 1.165) is 16.8 Å². The molecule has 1 aromatic carbocycles. The topological polar surface area (TPSA) is 96.7 Å². The van der Waals surface area contributed by atoms with E-state index in [9.17, 15) is 4.79 Å². The van der Waals surface area contributed by atoms with Crippen LogP contribution in [0.4, 0.5) is 0 Å². The van der Waals surface area contributed by atoms with Crippen molar-refractivity contribution in [2.24, 2.45) is 0 Å². The summed E-state index contributed by atoms with van der Waals surface area (Å²) in [7, 11) is 0. The number of nitrogens with zero attached hydrogens (tertiary/aromatic N) is 3. The van der Waals surface area contributed by atoms with Crippen molar-refractivity contribution in [3.8, 4) is 11.4 Å². The number of aromatic amines is 1. The number of nitrogens with one attached hydrogen (secondary N) is 2. The van der Waals surface area contributed by atoms with Gasteiger partial charge < -0.3 is 9.84 Å². The van der Waals surface area contributed by atoms with Crippen LogP contribution >= 0.6 is 0 Å². The lowest BCUT2D eigenvalue weighted by molar-refractivity contribution is -0.120. The van der Waals surface area contributed by atoms with Crippen LogP contribution in [0.5, 0.6) is 0 Å². The molecule has 0 saturated carbocycles.